The van der Waals surface area contributed by atoms with Crippen LogP contribution in [0.25, 0.3) is 253 Å². The molecular weight excluding hydrogens is 1670 g/mol. The highest BCUT2D eigenvalue weighted by Gasteiger charge is 2.36. The van der Waals surface area contributed by atoms with Crippen LogP contribution in [0.5, 0.6) is 0 Å². The van der Waals surface area contributed by atoms with Crippen molar-refractivity contribution < 1.29 is 0 Å². The van der Waals surface area contributed by atoms with E-state index in [0.29, 0.717) is 46.2 Å². The van der Waals surface area contributed by atoms with Crippen molar-refractivity contribution in [3.05, 3.63) is 459 Å². The van der Waals surface area contributed by atoms with Crippen LogP contribution in [0.4, 0.5) is 11.4 Å². The Balaban J connectivity index is 0.574. The highest BCUT2D eigenvalue weighted by atomic mass is 15.2. The molecule has 0 amide bonds. The topological polar surface area (TPSA) is 123 Å². The molecule has 0 radical (unpaired) electrons. The zero-order chi connectivity index (χ0) is 90.2. The number of hydrogen-bond acceptors (Lipinski definition) is 8. The Labute approximate surface area is 786 Å². The Morgan fingerprint density at radius 2 is 0.679 bits per heavy atom. The summed E-state index contributed by atoms with van der Waals surface area (Å²) in [5, 5.41) is 43.6. The van der Waals surface area contributed by atoms with Crippen molar-refractivity contribution >= 4 is 163 Å². The third-order valence-electron chi connectivity index (χ3n) is 28.7. The van der Waals surface area contributed by atoms with Gasteiger partial charge in [0.2, 0.25) is 5.95 Å². The molecule has 0 bridgehead atoms. The van der Waals surface area contributed by atoms with Gasteiger partial charge in [0.1, 0.15) is 0 Å². The van der Waals surface area contributed by atoms with E-state index in [1.54, 1.807) is 0 Å². The van der Waals surface area contributed by atoms with Crippen molar-refractivity contribution in [2.45, 2.75) is 12.8 Å². The molecule has 137 heavy (non-hydrogen) atoms. The predicted molar refractivity (Wildman–Crippen MR) is 567 cm³/mol. The maximum absolute atomic E-state index is 11.8. The molecule has 634 valence electrons. The number of anilines is 2. The zero-order valence-corrected chi connectivity index (χ0v) is 74.1. The minimum atomic E-state index is -0.284. The summed E-state index contributed by atoms with van der Waals surface area (Å²) in [4.78, 5) is 33.0. The number of fused-ring (bicyclic) bond motifs is 26. The Morgan fingerprint density at radius 3 is 1.31 bits per heavy atom. The van der Waals surface area contributed by atoms with Crippen molar-refractivity contribution in [1.82, 2.24) is 39.0 Å². The lowest BCUT2D eigenvalue weighted by molar-refractivity contribution is 0.952. The van der Waals surface area contributed by atoms with Crippen LogP contribution in [0, 0.1) is 18.3 Å². The van der Waals surface area contributed by atoms with E-state index in [9.17, 15) is 5.26 Å². The monoisotopic (exact) mass is 1740 g/mol. The van der Waals surface area contributed by atoms with Crippen molar-refractivity contribution in [3.8, 4) is 108 Å². The number of nitriles is 1. The summed E-state index contributed by atoms with van der Waals surface area (Å²) in [5.74, 6) is 2.77. The van der Waals surface area contributed by atoms with Gasteiger partial charge in [-0.15, -0.1) is 0 Å². The summed E-state index contributed by atoms with van der Waals surface area (Å²) in [7, 11) is 0. The van der Waals surface area contributed by atoms with Gasteiger partial charge in [-0.05, 0) is 244 Å². The molecule has 10 nitrogen and oxygen atoms in total. The second kappa shape index (κ2) is 30.6. The van der Waals surface area contributed by atoms with E-state index in [1.165, 1.54) is 109 Å². The first-order chi connectivity index (χ1) is 67.8. The Bertz CT molecular complexity index is 9900. The van der Waals surface area contributed by atoms with E-state index in [4.69, 9.17) is 29.9 Å². The maximum atomic E-state index is 11.8. The second-order valence-electron chi connectivity index (χ2n) is 36.3. The van der Waals surface area contributed by atoms with Crippen molar-refractivity contribution in [2.24, 2.45) is 0 Å². The standard InChI is InChI=1S/C127H76N10/c1-74-46-47-77-26-11-12-35-92(77)116(74)108-62-61-106-99-41-16-14-37-95(99)97-39-18-20-44-104(97)119(106)121(108)129-90-32-23-31-84(67-90)122-130-123(85-50-48-75-24-5-7-27-78(75)64-85)132-124(131-122)88-54-58-102-101-57-52-83(71-114(101)136(115(102)72-88)91-33-3-2-4-34-91)82-55-63-113-110(69-82)100-42-21-22-45-112(100)137(113)127-134-125(86-51-49-76-25-6-8-28-79(76)65-86)133-126(135-127)87-53-56-93(89(66-87)73-128)117-111-70-81-30-10-9-29-80(81)68-109(111)107-60-59-105-98-40-15-13-36-94(98)96-38-17-19-43-103(96)118(105)120(107)117/h2-72,117,129H,1H3. The molecular formula is C127H76N10. The summed E-state index contributed by atoms with van der Waals surface area (Å²) in [6.07, 6.45) is 0. The quantitative estimate of drug-likeness (QED) is 0.120. The first kappa shape index (κ1) is 77.3. The van der Waals surface area contributed by atoms with Crippen LogP contribution in [-0.2, 0) is 0 Å². The SMILES string of the molecule is Cc1ccc2ccccc2c1-c1ccc2c3ccccc3c3ccccc3c2c1Nc1cccc(-c2nc(-c3ccc4ccccc4c3)nc(-c3ccc4c5ccc(-c6ccc7c(c6)c6ccccc6n7-c6nc(-c7ccc(C8c9cc%10ccccc%10cc9-c9ccc%10c%11ccccc%11c%11ccccc%11c%10c98)c(C#N)c7)nc(-c7ccc8ccccc8c7)n6)cc5n(-c5ccccc5)c4c3)n2)c1. The fourth-order valence-electron chi connectivity index (χ4n) is 22.5. The van der Waals surface area contributed by atoms with Crippen LogP contribution >= 0.6 is 0 Å². The molecule has 10 heteroatoms. The van der Waals surface area contributed by atoms with Gasteiger partial charge in [0.05, 0.1) is 39.4 Å². The lowest BCUT2D eigenvalue weighted by Gasteiger charge is -2.21. The molecule has 23 aromatic carbocycles. The molecule has 0 fully saturated rings. The van der Waals surface area contributed by atoms with Gasteiger partial charge in [-0.1, -0.05) is 346 Å². The lowest BCUT2D eigenvalue weighted by Crippen LogP contribution is -2.07. The second-order valence-corrected chi connectivity index (χ2v) is 36.3. The Hall–Kier alpha value is -18.4. The molecule has 1 aliphatic carbocycles. The number of aryl methyl sites for hydroxylation is 1. The van der Waals surface area contributed by atoms with E-state index in [-0.39, 0.29) is 5.92 Å². The molecule has 1 unspecified atom stereocenters. The van der Waals surface area contributed by atoms with Crippen LogP contribution in [0.3, 0.4) is 0 Å². The number of aromatic nitrogens is 8. The summed E-state index contributed by atoms with van der Waals surface area (Å²) >= 11 is 0. The largest absolute Gasteiger partial charge is 0.354 e. The van der Waals surface area contributed by atoms with Gasteiger partial charge in [-0.3, -0.25) is 4.57 Å². The average Bonchev–Trinajstić information content (AvgIpc) is 1.59. The van der Waals surface area contributed by atoms with Crippen LogP contribution in [0.15, 0.2) is 431 Å². The third-order valence-corrected chi connectivity index (χ3v) is 28.7. The Morgan fingerprint density at radius 1 is 0.255 bits per heavy atom. The highest BCUT2D eigenvalue weighted by molar-refractivity contribution is 6.31. The minimum absolute atomic E-state index is 0.284. The molecule has 0 aliphatic heterocycles. The van der Waals surface area contributed by atoms with E-state index in [0.717, 1.165) is 137 Å². The van der Waals surface area contributed by atoms with Gasteiger partial charge in [0, 0.05) is 77.6 Å². The van der Waals surface area contributed by atoms with Crippen molar-refractivity contribution in [3.63, 3.8) is 0 Å². The number of nitrogens with one attached hydrogen (secondary N) is 1. The first-order valence-corrected chi connectivity index (χ1v) is 46.6. The van der Waals surface area contributed by atoms with E-state index in [2.05, 4.69) is 452 Å². The molecule has 28 rings (SSSR count). The zero-order valence-electron chi connectivity index (χ0n) is 74.1. The molecule has 0 spiro atoms. The van der Waals surface area contributed by atoms with Crippen LogP contribution in [-0.4, -0.2) is 39.0 Å². The summed E-state index contributed by atoms with van der Waals surface area (Å²) in [6.45, 7) is 2.22. The molecule has 4 heterocycles. The predicted octanol–water partition coefficient (Wildman–Crippen LogP) is 32.5. The maximum Gasteiger partial charge on any atom is 0.238 e. The summed E-state index contributed by atoms with van der Waals surface area (Å²) in [5.41, 5.74) is 22.7. The summed E-state index contributed by atoms with van der Waals surface area (Å²) < 4.78 is 4.57. The molecule has 0 saturated heterocycles. The number of benzene rings is 23. The average molecular weight is 1740 g/mol. The van der Waals surface area contributed by atoms with Crippen molar-refractivity contribution in [2.75, 3.05) is 5.32 Å². The molecule has 27 aromatic rings. The van der Waals surface area contributed by atoms with E-state index in [1.807, 2.05) is 6.07 Å². The fourth-order valence-corrected chi connectivity index (χ4v) is 22.5. The van der Waals surface area contributed by atoms with Crippen LogP contribution in [0.1, 0.15) is 33.7 Å². The lowest BCUT2D eigenvalue weighted by atomic mass is 9.81. The normalized spacial score (nSPS) is 12.6. The smallest absolute Gasteiger partial charge is 0.238 e. The van der Waals surface area contributed by atoms with Crippen LogP contribution < -0.4 is 5.32 Å². The molecule has 1 N–H and O–H groups in total. The molecule has 0 saturated carbocycles. The molecule has 1 atom stereocenters. The minimum Gasteiger partial charge on any atom is -0.354 e. The number of nitrogens with zero attached hydrogens (tertiary/aromatic N) is 9. The number of rotatable bonds is 12. The van der Waals surface area contributed by atoms with E-state index >= 15 is 0 Å². The van der Waals surface area contributed by atoms with Gasteiger partial charge in [-0.2, -0.15) is 15.2 Å². The number of hydrogen-bond donors (Lipinski definition) is 1. The van der Waals surface area contributed by atoms with Gasteiger partial charge in [0.25, 0.3) is 0 Å². The van der Waals surface area contributed by atoms with Gasteiger partial charge >= 0.3 is 0 Å². The van der Waals surface area contributed by atoms with Gasteiger partial charge in [-0.25, -0.2) is 19.9 Å². The van der Waals surface area contributed by atoms with Gasteiger partial charge in [0.15, 0.2) is 29.1 Å². The van der Waals surface area contributed by atoms with Crippen LogP contribution in [0.2, 0.25) is 0 Å². The molecule has 1 aliphatic rings. The van der Waals surface area contributed by atoms with Crippen molar-refractivity contribution in [1.29, 1.82) is 5.26 Å². The van der Waals surface area contributed by atoms with E-state index < -0.39 is 0 Å². The van der Waals surface area contributed by atoms with Gasteiger partial charge < -0.3 is 9.88 Å². The number of para-hydroxylation sites is 2. The third kappa shape index (κ3) is 12.3. The highest BCUT2D eigenvalue weighted by Crippen LogP contribution is 2.56. The Kier molecular flexibility index (Phi) is 17.3. The molecule has 4 aromatic heterocycles. The fraction of sp³-hybridized carbons (Fsp3) is 0.0157. The summed E-state index contributed by atoms with van der Waals surface area (Å²) in [6, 6.07) is 158. The first-order valence-electron chi connectivity index (χ1n) is 46.6.